The molecule has 0 radical (unpaired) electrons. The molecule has 1 N–H and O–H groups in total. The van der Waals surface area contributed by atoms with Gasteiger partial charge in [0.25, 0.3) is 0 Å². The minimum Gasteiger partial charge on any atom is -0.497 e. The molecule has 30 heavy (non-hydrogen) atoms. The Bertz CT molecular complexity index is 823. The van der Waals surface area contributed by atoms with Gasteiger partial charge in [-0.2, -0.15) is 0 Å². The predicted octanol–water partition coefficient (Wildman–Crippen LogP) is 3.58. The van der Waals surface area contributed by atoms with Gasteiger partial charge in [-0.3, -0.25) is 9.59 Å². The SMILES string of the molecule is COc1ccc(C(CC(=O)N2CCCC(COc3ccccc3)C2)NC(C)=O)cc1. The fraction of sp³-hybridized carbons (Fsp3) is 0.417. The van der Waals surface area contributed by atoms with Crippen molar-refractivity contribution in [1.29, 1.82) is 0 Å². The molecule has 1 aliphatic heterocycles. The first-order valence-corrected chi connectivity index (χ1v) is 10.4. The number of nitrogens with one attached hydrogen (secondary N) is 1. The van der Waals surface area contributed by atoms with E-state index in [0.717, 1.165) is 36.4 Å². The van der Waals surface area contributed by atoms with Gasteiger partial charge in [0.15, 0.2) is 0 Å². The van der Waals surface area contributed by atoms with Gasteiger partial charge in [-0.15, -0.1) is 0 Å². The first-order valence-electron chi connectivity index (χ1n) is 10.4. The zero-order valence-corrected chi connectivity index (χ0v) is 17.7. The van der Waals surface area contributed by atoms with Crippen molar-refractivity contribution >= 4 is 11.8 Å². The number of ether oxygens (including phenoxy) is 2. The molecule has 1 heterocycles. The molecule has 0 aromatic heterocycles. The van der Waals surface area contributed by atoms with E-state index in [-0.39, 0.29) is 24.3 Å². The molecule has 2 amide bonds. The standard InChI is InChI=1S/C24H30N2O4/c1-18(27)25-23(20-10-12-21(29-2)13-11-20)15-24(28)26-14-6-7-19(16-26)17-30-22-8-4-3-5-9-22/h3-5,8-13,19,23H,6-7,14-17H2,1-2H3,(H,25,27). The normalized spacial score (nSPS) is 17.1. The summed E-state index contributed by atoms with van der Waals surface area (Å²) in [5.74, 6) is 1.80. The molecule has 2 unspecified atom stereocenters. The molecule has 160 valence electrons. The van der Waals surface area contributed by atoms with Crippen LogP contribution in [-0.4, -0.2) is 43.5 Å². The number of amides is 2. The molecule has 2 aromatic rings. The Kier molecular flexibility index (Phi) is 7.71. The lowest BCUT2D eigenvalue weighted by Crippen LogP contribution is -2.43. The van der Waals surface area contributed by atoms with Crippen LogP contribution in [0.4, 0.5) is 0 Å². The van der Waals surface area contributed by atoms with Crippen molar-refractivity contribution in [3.63, 3.8) is 0 Å². The van der Waals surface area contributed by atoms with Crippen LogP contribution < -0.4 is 14.8 Å². The Labute approximate surface area is 178 Å². The number of carbonyl (C=O) groups excluding carboxylic acids is 2. The van der Waals surface area contributed by atoms with E-state index in [0.29, 0.717) is 19.1 Å². The molecule has 6 heteroatoms. The highest BCUT2D eigenvalue weighted by Crippen LogP contribution is 2.24. The van der Waals surface area contributed by atoms with E-state index in [2.05, 4.69) is 5.32 Å². The maximum atomic E-state index is 13.0. The molecule has 3 rings (SSSR count). The molecule has 2 atom stereocenters. The van der Waals surface area contributed by atoms with Crippen LogP contribution in [-0.2, 0) is 9.59 Å². The fourth-order valence-corrected chi connectivity index (χ4v) is 3.80. The van der Waals surface area contributed by atoms with Gasteiger partial charge >= 0.3 is 0 Å². The first-order chi connectivity index (χ1) is 14.5. The quantitative estimate of drug-likeness (QED) is 0.722. The van der Waals surface area contributed by atoms with E-state index in [1.165, 1.54) is 6.92 Å². The summed E-state index contributed by atoms with van der Waals surface area (Å²) < 4.78 is 11.1. The number of carbonyl (C=O) groups is 2. The van der Waals surface area contributed by atoms with E-state index in [1.54, 1.807) is 7.11 Å². The van der Waals surface area contributed by atoms with E-state index < -0.39 is 0 Å². The van der Waals surface area contributed by atoms with E-state index in [1.807, 2.05) is 59.5 Å². The summed E-state index contributed by atoms with van der Waals surface area (Å²) in [5, 5.41) is 2.91. The minimum absolute atomic E-state index is 0.0500. The number of likely N-dealkylation sites (tertiary alicyclic amines) is 1. The van der Waals surface area contributed by atoms with Gasteiger partial charge in [-0.25, -0.2) is 0 Å². The zero-order chi connectivity index (χ0) is 21.3. The van der Waals surface area contributed by atoms with E-state index in [9.17, 15) is 9.59 Å². The maximum Gasteiger partial charge on any atom is 0.224 e. The van der Waals surface area contributed by atoms with Gasteiger partial charge in [0.2, 0.25) is 11.8 Å². The van der Waals surface area contributed by atoms with Crippen LogP contribution in [0.1, 0.15) is 37.8 Å². The smallest absolute Gasteiger partial charge is 0.224 e. The molecule has 0 bridgehead atoms. The van der Waals surface area contributed by atoms with Crippen LogP contribution in [0, 0.1) is 5.92 Å². The Morgan fingerprint density at radius 1 is 1.10 bits per heavy atom. The summed E-state index contributed by atoms with van der Waals surface area (Å²) >= 11 is 0. The van der Waals surface area contributed by atoms with Crippen molar-refractivity contribution < 1.29 is 19.1 Å². The topological polar surface area (TPSA) is 67.9 Å². The van der Waals surface area contributed by atoms with Crippen LogP contribution in [0.5, 0.6) is 11.5 Å². The number of piperidine rings is 1. The molecule has 6 nitrogen and oxygen atoms in total. The number of nitrogens with zero attached hydrogens (tertiary/aromatic N) is 1. The highest BCUT2D eigenvalue weighted by atomic mass is 16.5. The summed E-state index contributed by atoms with van der Waals surface area (Å²) in [6.45, 7) is 3.50. The van der Waals surface area contributed by atoms with Crippen molar-refractivity contribution in [3.8, 4) is 11.5 Å². The molecular formula is C24H30N2O4. The van der Waals surface area contributed by atoms with Gasteiger partial charge in [-0.1, -0.05) is 30.3 Å². The molecule has 0 aliphatic carbocycles. The predicted molar refractivity (Wildman–Crippen MR) is 115 cm³/mol. The average Bonchev–Trinajstić information content (AvgIpc) is 2.78. The summed E-state index contributed by atoms with van der Waals surface area (Å²) in [5.41, 5.74) is 0.889. The van der Waals surface area contributed by atoms with Crippen molar-refractivity contribution in [2.45, 2.75) is 32.2 Å². The molecule has 1 saturated heterocycles. The third-order valence-electron chi connectivity index (χ3n) is 5.38. The lowest BCUT2D eigenvalue weighted by Gasteiger charge is -2.33. The molecular weight excluding hydrogens is 380 g/mol. The number of para-hydroxylation sites is 1. The van der Waals surface area contributed by atoms with Gasteiger partial charge in [0.05, 0.1) is 26.2 Å². The molecule has 1 fully saturated rings. The largest absolute Gasteiger partial charge is 0.497 e. The van der Waals surface area contributed by atoms with Crippen LogP contribution in [0.25, 0.3) is 0 Å². The monoisotopic (exact) mass is 410 g/mol. The number of benzene rings is 2. The molecule has 1 aliphatic rings. The van der Waals surface area contributed by atoms with Crippen molar-refractivity contribution in [2.24, 2.45) is 5.92 Å². The minimum atomic E-state index is -0.359. The lowest BCUT2D eigenvalue weighted by atomic mass is 9.97. The van der Waals surface area contributed by atoms with Gasteiger partial charge in [0, 0.05) is 25.9 Å². The summed E-state index contributed by atoms with van der Waals surface area (Å²) in [4.78, 5) is 26.6. The number of methoxy groups -OCH3 is 1. The van der Waals surface area contributed by atoms with Gasteiger partial charge in [0.1, 0.15) is 11.5 Å². The highest BCUT2D eigenvalue weighted by molar-refractivity contribution is 5.79. The Morgan fingerprint density at radius 2 is 1.83 bits per heavy atom. The summed E-state index contributed by atoms with van der Waals surface area (Å²) in [6, 6.07) is 16.8. The van der Waals surface area contributed by atoms with Gasteiger partial charge < -0.3 is 19.7 Å². The second-order valence-electron chi connectivity index (χ2n) is 7.70. The molecule has 0 saturated carbocycles. The number of hydrogen-bond acceptors (Lipinski definition) is 4. The maximum absolute atomic E-state index is 13.0. The second kappa shape index (κ2) is 10.7. The third kappa shape index (κ3) is 6.24. The van der Waals surface area contributed by atoms with Crippen molar-refractivity contribution in [1.82, 2.24) is 10.2 Å². The van der Waals surface area contributed by atoms with Crippen LogP contribution in [0.2, 0.25) is 0 Å². The third-order valence-corrected chi connectivity index (χ3v) is 5.38. The first kappa shape index (κ1) is 21.7. The molecule has 0 spiro atoms. The Balaban J connectivity index is 1.59. The average molecular weight is 411 g/mol. The van der Waals surface area contributed by atoms with E-state index >= 15 is 0 Å². The number of rotatable bonds is 8. The summed E-state index contributed by atoms with van der Waals surface area (Å²) in [6.07, 6.45) is 2.24. The Hall–Kier alpha value is -3.02. The van der Waals surface area contributed by atoms with Crippen LogP contribution >= 0.6 is 0 Å². The van der Waals surface area contributed by atoms with Crippen molar-refractivity contribution in [2.75, 3.05) is 26.8 Å². The van der Waals surface area contributed by atoms with Crippen molar-refractivity contribution in [3.05, 3.63) is 60.2 Å². The van der Waals surface area contributed by atoms with E-state index in [4.69, 9.17) is 9.47 Å². The zero-order valence-electron chi connectivity index (χ0n) is 17.7. The van der Waals surface area contributed by atoms with Crippen LogP contribution in [0.15, 0.2) is 54.6 Å². The number of hydrogen-bond donors (Lipinski definition) is 1. The summed E-state index contributed by atoms with van der Waals surface area (Å²) in [7, 11) is 1.61. The molecule has 2 aromatic carbocycles. The van der Waals surface area contributed by atoms with Gasteiger partial charge in [-0.05, 0) is 42.7 Å². The Morgan fingerprint density at radius 3 is 2.50 bits per heavy atom. The fourth-order valence-electron chi connectivity index (χ4n) is 3.80. The second-order valence-corrected chi connectivity index (χ2v) is 7.70. The highest BCUT2D eigenvalue weighted by Gasteiger charge is 2.27. The lowest BCUT2D eigenvalue weighted by molar-refractivity contribution is -0.134. The van der Waals surface area contributed by atoms with Crippen LogP contribution in [0.3, 0.4) is 0 Å².